The van der Waals surface area contributed by atoms with Crippen molar-refractivity contribution in [2.75, 3.05) is 10.7 Å². The molecule has 0 spiro atoms. The van der Waals surface area contributed by atoms with Gasteiger partial charge in [-0.3, -0.25) is 35.9 Å². The number of nitrogens with zero attached hydrogens (tertiary/aromatic N) is 4. The van der Waals surface area contributed by atoms with Gasteiger partial charge in [0, 0.05) is 24.2 Å². The van der Waals surface area contributed by atoms with Crippen molar-refractivity contribution in [2.45, 2.75) is 13.5 Å². The number of nitrogens with one attached hydrogen (secondary N) is 3. The number of non-ortho nitro benzene ring substituents is 1. The van der Waals surface area contributed by atoms with Gasteiger partial charge in [-0.2, -0.15) is 0 Å². The van der Waals surface area contributed by atoms with Crippen molar-refractivity contribution in [1.29, 1.82) is 0 Å². The van der Waals surface area contributed by atoms with Crippen molar-refractivity contribution in [3.05, 3.63) is 91.8 Å². The van der Waals surface area contributed by atoms with Gasteiger partial charge in [-0.25, -0.2) is 9.97 Å². The normalized spacial score (nSPS) is 10.2. The van der Waals surface area contributed by atoms with Crippen LogP contribution < -0.4 is 16.2 Å². The molecule has 1 heterocycles. The zero-order chi connectivity index (χ0) is 22.4. The summed E-state index contributed by atoms with van der Waals surface area (Å²) in [5.41, 5.74) is 6.19. The number of aromatic nitrogens is 2. The summed E-state index contributed by atoms with van der Waals surface area (Å²) in [5.74, 6) is -0.897. The van der Waals surface area contributed by atoms with E-state index in [-0.39, 0.29) is 22.9 Å². The van der Waals surface area contributed by atoms with Crippen molar-refractivity contribution >= 4 is 28.9 Å². The van der Waals surface area contributed by atoms with Gasteiger partial charge in [0.25, 0.3) is 11.6 Å². The van der Waals surface area contributed by atoms with E-state index >= 15 is 0 Å². The average molecular weight is 423 g/mol. The van der Waals surface area contributed by atoms with Crippen LogP contribution in [0.25, 0.3) is 0 Å². The first-order valence-electron chi connectivity index (χ1n) is 8.95. The van der Waals surface area contributed by atoms with E-state index in [4.69, 9.17) is 0 Å². The van der Waals surface area contributed by atoms with Crippen LogP contribution in [0.3, 0.4) is 0 Å². The predicted octanol–water partition coefficient (Wildman–Crippen LogP) is 2.97. The Morgan fingerprint density at radius 2 is 1.58 bits per heavy atom. The molecule has 0 fully saturated rings. The molecule has 3 N–H and O–H groups in total. The molecule has 1 aromatic heterocycles. The first kappa shape index (κ1) is 21.1. The van der Waals surface area contributed by atoms with Crippen LogP contribution in [0.5, 0.6) is 0 Å². The lowest BCUT2D eigenvalue weighted by Crippen LogP contribution is -2.30. The Hall–Kier alpha value is -4.61. The highest BCUT2D eigenvalue weighted by Crippen LogP contribution is 2.28. The Morgan fingerprint density at radius 1 is 0.935 bits per heavy atom. The fourth-order valence-electron chi connectivity index (χ4n) is 2.59. The van der Waals surface area contributed by atoms with Crippen LogP contribution in [0.4, 0.5) is 23.0 Å². The van der Waals surface area contributed by atoms with E-state index < -0.39 is 21.4 Å². The van der Waals surface area contributed by atoms with Gasteiger partial charge < -0.3 is 5.32 Å². The minimum absolute atomic E-state index is 0.0207. The Balaban J connectivity index is 1.72. The van der Waals surface area contributed by atoms with Gasteiger partial charge in [0.05, 0.1) is 9.85 Å². The summed E-state index contributed by atoms with van der Waals surface area (Å²) in [4.78, 5) is 41.0. The summed E-state index contributed by atoms with van der Waals surface area (Å²) in [7, 11) is 0. The topological polar surface area (TPSA) is 165 Å². The molecule has 1 amide bonds. The quantitative estimate of drug-likeness (QED) is 0.365. The molecule has 3 rings (SSSR count). The number of carbonyl (C=O) groups excluding carboxylic acids is 1. The van der Waals surface area contributed by atoms with Crippen molar-refractivity contribution in [1.82, 2.24) is 15.4 Å². The first-order valence-corrected chi connectivity index (χ1v) is 8.95. The van der Waals surface area contributed by atoms with E-state index in [1.807, 2.05) is 31.2 Å². The summed E-state index contributed by atoms with van der Waals surface area (Å²) in [5, 5.41) is 25.2. The Kier molecular flexibility index (Phi) is 6.30. The molecule has 0 atom stereocenters. The molecular weight excluding hydrogens is 406 g/mol. The third kappa shape index (κ3) is 5.26. The average Bonchev–Trinajstić information content (AvgIpc) is 2.76. The molecule has 158 valence electrons. The SMILES string of the molecule is Cc1ccc(CNc2ncnc(NNC(=O)c3ccc([N+](=O)[O-])cc3)c2[N+](=O)[O-])cc1. The Labute approximate surface area is 175 Å². The van der Waals surface area contributed by atoms with E-state index in [1.165, 1.54) is 24.3 Å². The highest BCUT2D eigenvalue weighted by Gasteiger charge is 2.23. The van der Waals surface area contributed by atoms with Gasteiger partial charge in [0.1, 0.15) is 6.33 Å². The van der Waals surface area contributed by atoms with E-state index in [0.29, 0.717) is 6.54 Å². The fourth-order valence-corrected chi connectivity index (χ4v) is 2.59. The van der Waals surface area contributed by atoms with Crippen LogP contribution in [-0.4, -0.2) is 25.7 Å². The zero-order valence-corrected chi connectivity index (χ0v) is 16.2. The molecule has 31 heavy (non-hydrogen) atoms. The maximum Gasteiger partial charge on any atom is 0.354 e. The number of rotatable bonds is 8. The third-order valence-corrected chi connectivity index (χ3v) is 4.22. The van der Waals surface area contributed by atoms with Crippen LogP contribution in [0.2, 0.25) is 0 Å². The maximum atomic E-state index is 12.2. The van der Waals surface area contributed by atoms with E-state index in [2.05, 4.69) is 26.1 Å². The van der Waals surface area contributed by atoms with E-state index in [0.717, 1.165) is 17.5 Å². The molecule has 0 aliphatic carbocycles. The molecule has 0 saturated carbocycles. The lowest BCUT2D eigenvalue weighted by atomic mass is 10.1. The molecular formula is C19H17N7O5. The van der Waals surface area contributed by atoms with Crippen LogP contribution in [0.1, 0.15) is 21.5 Å². The van der Waals surface area contributed by atoms with E-state index in [9.17, 15) is 25.0 Å². The summed E-state index contributed by atoms with van der Waals surface area (Å²) in [6.07, 6.45) is 1.12. The molecule has 0 saturated heterocycles. The molecule has 0 aliphatic heterocycles. The number of nitro benzene ring substituents is 1. The monoisotopic (exact) mass is 423 g/mol. The minimum Gasteiger partial charge on any atom is -0.360 e. The van der Waals surface area contributed by atoms with Gasteiger partial charge in [0.15, 0.2) is 0 Å². The Bertz CT molecular complexity index is 1120. The molecule has 12 heteroatoms. The molecule has 0 unspecified atom stereocenters. The lowest BCUT2D eigenvalue weighted by molar-refractivity contribution is -0.384. The smallest absolute Gasteiger partial charge is 0.354 e. The highest BCUT2D eigenvalue weighted by molar-refractivity contribution is 5.95. The minimum atomic E-state index is -0.669. The van der Waals surface area contributed by atoms with Crippen molar-refractivity contribution in [3.8, 4) is 0 Å². The highest BCUT2D eigenvalue weighted by atomic mass is 16.6. The number of hydrazine groups is 1. The van der Waals surface area contributed by atoms with Gasteiger partial charge in [-0.15, -0.1) is 0 Å². The molecule has 0 bridgehead atoms. The summed E-state index contributed by atoms with van der Waals surface area (Å²) >= 11 is 0. The second-order valence-corrected chi connectivity index (χ2v) is 6.40. The molecule has 0 aliphatic rings. The number of hydrogen-bond acceptors (Lipinski definition) is 9. The number of aryl methyl sites for hydroxylation is 1. The molecule has 12 nitrogen and oxygen atoms in total. The molecule has 0 radical (unpaired) electrons. The van der Waals surface area contributed by atoms with Crippen LogP contribution in [0, 0.1) is 27.2 Å². The fraction of sp³-hybridized carbons (Fsp3) is 0.105. The van der Waals surface area contributed by atoms with Crippen molar-refractivity contribution in [3.63, 3.8) is 0 Å². The largest absolute Gasteiger partial charge is 0.360 e. The van der Waals surface area contributed by atoms with Crippen LogP contribution in [0.15, 0.2) is 54.9 Å². The third-order valence-electron chi connectivity index (χ3n) is 4.22. The number of benzene rings is 2. The summed E-state index contributed by atoms with van der Waals surface area (Å²) < 4.78 is 0. The van der Waals surface area contributed by atoms with Crippen molar-refractivity contribution < 1.29 is 14.6 Å². The number of hydrogen-bond donors (Lipinski definition) is 3. The first-order chi connectivity index (χ1) is 14.8. The predicted molar refractivity (Wildman–Crippen MR) is 111 cm³/mol. The number of anilines is 2. The van der Waals surface area contributed by atoms with Crippen molar-refractivity contribution in [2.24, 2.45) is 0 Å². The second kappa shape index (κ2) is 9.26. The zero-order valence-electron chi connectivity index (χ0n) is 16.2. The number of carbonyl (C=O) groups is 1. The number of amides is 1. The van der Waals surface area contributed by atoms with Gasteiger partial charge in [0.2, 0.25) is 11.6 Å². The Morgan fingerprint density at radius 3 is 2.19 bits per heavy atom. The summed E-state index contributed by atoms with van der Waals surface area (Å²) in [6, 6.07) is 12.5. The number of nitro groups is 2. The van der Waals surface area contributed by atoms with Crippen LogP contribution >= 0.6 is 0 Å². The standard InChI is InChI=1S/C19H17N7O5/c1-12-2-4-13(5-3-12)10-20-17-16(26(30)31)18(22-11-21-17)23-24-19(27)14-6-8-15(9-7-14)25(28)29/h2-9,11H,10H2,1H3,(H,24,27)(H2,20,21,22,23). The van der Waals surface area contributed by atoms with E-state index in [1.54, 1.807) is 0 Å². The summed E-state index contributed by atoms with van der Waals surface area (Å²) in [6.45, 7) is 2.25. The molecule has 3 aromatic rings. The lowest BCUT2D eigenvalue weighted by Gasteiger charge is -2.11. The second-order valence-electron chi connectivity index (χ2n) is 6.40. The maximum absolute atomic E-state index is 12.2. The molecule has 2 aromatic carbocycles. The van der Waals surface area contributed by atoms with Gasteiger partial charge >= 0.3 is 5.69 Å². The van der Waals surface area contributed by atoms with Gasteiger partial charge in [-0.05, 0) is 24.6 Å². The van der Waals surface area contributed by atoms with Gasteiger partial charge in [-0.1, -0.05) is 29.8 Å². The van der Waals surface area contributed by atoms with Crippen LogP contribution in [-0.2, 0) is 6.54 Å².